The fourth-order valence-electron chi connectivity index (χ4n) is 4.21. The fraction of sp³-hybridized carbons (Fsp3) is 0.292. The summed E-state index contributed by atoms with van der Waals surface area (Å²) in [5.41, 5.74) is 3.77. The van der Waals surface area contributed by atoms with E-state index in [4.69, 9.17) is 4.74 Å². The quantitative estimate of drug-likeness (QED) is 0.580. The van der Waals surface area contributed by atoms with Crippen LogP contribution in [0.1, 0.15) is 36.6 Å². The molecular formula is C24H24N2O4. The lowest BCUT2D eigenvalue weighted by Crippen LogP contribution is -2.44. The van der Waals surface area contributed by atoms with Gasteiger partial charge in [-0.25, -0.2) is 9.59 Å². The lowest BCUT2D eigenvalue weighted by molar-refractivity contribution is -0.136. The summed E-state index contributed by atoms with van der Waals surface area (Å²) in [6.07, 6.45) is 7.68. The van der Waals surface area contributed by atoms with Crippen molar-refractivity contribution in [3.8, 4) is 0 Å². The summed E-state index contributed by atoms with van der Waals surface area (Å²) < 4.78 is 7.81. The SMILES string of the molecule is CCc1c2n(c(=O)n(Cc3ccccc3)c1=O)CC(C(=O)OC)=CC1=C2CC=CC1. The summed E-state index contributed by atoms with van der Waals surface area (Å²) in [6, 6.07) is 9.43. The van der Waals surface area contributed by atoms with Gasteiger partial charge in [-0.2, -0.15) is 0 Å². The maximum absolute atomic E-state index is 13.5. The molecule has 0 N–H and O–H groups in total. The van der Waals surface area contributed by atoms with Crippen LogP contribution in [0.2, 0.25) is 0 Å². The third-order valence-electron chi connectivity index (χ3n) is 5.68. The molecule has 0 fully saturated rings. The van der Waals surface area contributed by atoms with Gasteiger partial charge >= 0.3 is 11.7 Å². The largest absolute Gasteiger partial charge is 0.466 e. The number of nitrogens with zero attached hydrogens (tertiary/aromatic N) is 2. The predicted molar refractivity (Wildman–Crippen MR) is 115 cm³/mol. The van der Waals surface area contributed by atoms with Crippen LogP contribution >= 0.6 is 0 Å². The number of esters is 1. The van der Waals surface area contributed by atoms with Crippen LogP contribution in [-0.4, -0.2) is 22.2 Å². The Morgan fingerprint density at radius 1 is 1.10 bits per heavy atom. The van der Waals surface area contributed by atoms with Crippen LogP contribution < -0.4 is 11.2 Å². The van der Waals surface area contributed by atoms with Crippen molar-refractivity contribution in [2.24, 2.45) is 0 Å². The van der Waals surface area contributed by atoms with E-state index >= 15 is 0 Å². The number of carbonyl (C=O) groups excluding carboxylic acids is 1. The van der Waals surface area contributed by atoms with Gasteiger partial charge in [0, 0.05) is 5.56 Å². The monoisotopic (exact) mass is 404 g/mol. The molecule has 0 spiro atoms. The van der Waals surface area contributed by atoms with Crippen LogP contribution in [0.25, 0.3) is 5.57 Å². The van der Waals surface area contributed by atoms with Crippen LogP contribution in [0.5, 0.6) is 0 Å². The zero-order chi connectivity index (χ0) is 21.3. The highest BCUT2D eigenvalue weighted by molar-refractivity contribution is 5.90. The molecule has 6 nitrogen and oxygen atoms in total. The van der Waals surface area contributed by atoms with Gasteiger partial charge in [-0.15, -0.1) is 0 Å². The van der Waals surface area contributed by atoms with Gasteiger partial charge in [-0.05, 0) is 42.0 Å². The molecule has 0 amide bonds. The molecule has 154 valence electrons. The van der Waals surface area contributed by atoms with Gasteiger partial charge in [0.1, 0.15) is 0 Å². The molecule has 6 heteroatoms. The standard InChI is InChI=1S/C24H24N2O4/c1-3-19-21-20-12-8-7-11-17(20)13-18(23(28)30-2)15-25(21)24(29)26(22(19)27)14-16-9-5-4-6-10-16/h4-10,13H,3,11-12,14-15H2,1-2H3. The first-order valence-electron chi connectivity index (χ1n) is 10.1. The van der Waals surface area contributed by atoms with Gasteiger partial charge in [0.25, 0.3) is 5.56 Å². The van der Waals surface area contributed by atoms with E-state index in [0.717, 1.165) is 16.7 Å². The minimum Gasteiger partial charge on any atom is -0.466 e. The lowest BCUT2D eigenvalue weighted by Gasteiger charge is -2.21. The third-order valence-corrected chi connectivity index (χ3v) is 5.68. The zero-order valence-electron chi connectivity index (χ0n) is 17.2. The number of benzene rings is 1. The van der Waals surface area contributed by atoms with Crippen molar-refractivity contribution in [3.63, 3.8) is 0 Å². The first-order valence-corrected chi connectivity index (χ1v) is 10.1. The molecule has 2 heterocycles. The van der Waals surface area contributed by atoms with Crippen LogP contribution in [-0.2, 0) is 29.0 Å². The van der Waals surface area contributed by atoms with Crippen LogP contribution in [0.3, 0.4) is 0 Å². The molecule has 1 aliphatic heterocycles. The Morgan fingerprint density at radius 2 is 1.83 bits per heavy atom. The predicted octanol–water partition coefficient (Wildman–Crippen LogP) is 2.84. The van der Waals surface area contributed by atoms with E-state index in [1.807, 2.05) is 55.5 Å². The van der Waals surface area contributed by atoms with E-state index in [0.29, 0.717) is 36.1 Å². The topological polar surface area (TPSA) is 70.3 Å². The van der Waals surface area contributed by atoms with Crippen LogP contribution in [0.4, 0.5) is 0 Å². The highest BCUT2D eigenvalue weighted by Crippen LogP contribution is 2.33. The second-order valence-corrected chi connectivity index (χ2v) is 7.47. The van der Waals surface area contributed by atoms with E-state index < -0.39 is 11.7 Å². The number of hydrogen-bond donors (Lipinski definition) is 0. The summed E-state index contributed by atoms with van der Waals surface area (Å²) in [4.78, 5) is 39.3. The smallest absolute Gasteiger partial charge is 0.335 e. The van der Waals surface area contributed by atoms with Crippen molar-refractivity contribution in [2.45, 2.75) is 39.3 Å². The van der Waals surface area contributed by atoms with Crippen molar-refractivity contribution in [1.82, 2.24) is 9.13 Å². The molecule has 4 rings (SSSR count). The van der Waals surface area contributed by atoms with Crippen molar-refractivity contribution in [2.75, 3.05) is 7.11 Å². The number of methoxy groups -OCH3 is 1. The van der Waals surface area contributed by atoms with E-state index in [1.165, 1.54) is 11.7 Å². The number of hydrogen-bond acceptors (Lipinski definition) is 4. The van der Waals surface area contributed by atoms with Crippen molar-refractivity contribution in [3.05, 3.63) is 97.4 Å². The molecule has 30 heavy (non-hydrogen) atoms. The molecule has 0 saturated heterocycles. The molecular weight excluding hydrogens is 380 g/mol. The van der Waals surface area contributed by atoms with Gasteiger partial charge in [-0.3, -0.25) is 13.9 Å². The minimum absolute atomic E-state index is 0.0793. The summed E-state index contributed by atoms with van der Waals surface area (Å²) in [6.45, 7) is 2.19. The third kappa shape index (κ3) is 3.38. The number of rotatable bonds is 4. The van der Waals surface area contributed by atoms with Crippen molar-refractivity contribution >= 4 is 11.5 Å². The lowest BCUT2D eigenvalue weighted by atomic mass is 9.91. The summed E-state index contributed by atoms with van der Waals surface area (Å²) in [7, 11) is 1.33. The number of ether oxygens (including phenoxy) is 1. The number of fused-ring (bicyclic) bond motifs is 2. The van der Waals surface area contributed by atoms with Gasteiger partial charge in [0.05, 0.1) is 31.5 Å². The van der Waals surface area contributed by atoms with Crippen LogP contribution in [0, 0.1) is 0 Å². The molecule has 2 aromatic rings. The van der Waals surface area contributed by atoms with E-state index in [9.17, 15) is 14.4 Å². The summed E-state index contributed by atoms with van der Waals surface area (Å²) in [5.74, 6) is -0.463. The Hall–Kier alpha value is -3.41. The molecule has 0 saturated carbocycles. The zero-order valence-corrected chi connectivity index (χ0v) is 17.2. The highest BCUT2D eigenvalue weighted by atomic mass is 16.5. The molecule has 2 aliphatic rings. The molecule has 1 aliphatic carbocycles. The van der Waals surface area contributed by atoms with Gasteiger partial charge in [0.2, 0.25) is 0 Å². The summed E-state index contributed by atoms with van der Waals surface area (Å²) in [5, 5.41) is 0. The molecule has 0 unspecified atom stereocenters. The van der Waals surface area contributed by atoms with Gasteiger partial charge < -0.3 is 4.74 Å². The maximum atomic E-state index is 13.5. The minimum atomic E-state index is -0.463. The number of aromatic nitrogens is 2. The first kappa shape index (κ1) is 19.9. The Labute approximate surface area is 174 Å². The summed E-state index contributed by atoms with van der Waals surface area (Å²) >= 11 is 0. The van der Waals surface area contributed by atoms with Gasteiger partial charge in [0.15, 0.2) is 0 Å². The second kappa shape index (κ2) is 8.14. The Morgan fingerprint density at radius 3 is 2.53 bits per heavy atom. The van der Waals surface area contributed by atoms with E-state index in [1.54, 1.807) is 4.57 Å². The molecule has 1 aromatic heterocycles. The average molecular weight is 404 g/mol. The fourth-order valence-corrected chi connectivity index (χ4v) is 4.21. The second-order valence-electron chi connectivity index (χ2n) is 7.47. The van der Waals surface area contributed by atoms with E-state index in [-0.39, 0.29) is 18.6 Å². The molecule has 1 aromatic carbocycles. The normalized spacial score (nSPS) is 15.2. The van der Waals surface area contributed by atoms with Crippen LogP contribution in [0.15, 0.2) is 69.3 Å². The Kier molecular flexibility index (Phi) is 5.40. The first-order chi connectivity index (χ1) is 14.5. The Balaban J connectivity index is 1.99. The number of carbonyl (C=O) groups is 1. The van der Waals surface area contributed by atoms with Crippen molar-refractivity contribution in [1.29, 1.82) is 0 Å². The van der Waals surface area contributed by atoms with Crippen molar-refractivity contribution < 1.29 is 9.53 Å². The molecule has 0 bridgehead atoms. The van der Waals surface area contributed by atoms with E-state index in [2.05, 4.69) is 0 Å². The Bertz CT molecular complexity index is 1210. The average Bonchev–Trinajstić information content (AvgIpc) is 2.95. The number of allylic oxidation sites excluding steroid dienone is 5. The van der Waals surface area contributed by atoms with Gasteiger partial charge in [-0.1, -0.05) is 49.4 Å². The highest BCUT2D eigenvalue weighted by Gasteiger charge is 2.27. The maximum Gasteiger partial charge on any atom is 0.335 e. The molecule has 0 atom stereocenters. The molecule has 0 radical (unpaired) electrons.